The summed E-state index contributed by atoms with van der Waals surface area (Å²) in [6, 6.07) is 0.850. The molecule has 0 aliphatic heterocycles. The van der Waals surface area contributed by atoms with Gasteiger partial charge in [0.2, 0.25) is 0 Å². The second-order valence-electron chi connectivity index (χ2n) is 3.78. The Labute approximate surface area is 107 Å². The molecule has 3 nitrogen and oxygen atoms in total. The average Bonchev–Trinajstić information content (AvgIpc) is 2.33. The standard InChI is InChI=1S/C12H13F4NO2/c1-3-17-10(11(18)19-2)7-4-8(12(14,15)16)6-9(13)5-7/h4-6,10,17H,3H2,1-2H3. The third-order valence-electron chi connectivity index (χ3n) is 2.43. The number of nitrogens with one attached hydrogen (secondary N) is 1. The summed E-state index contributed by atoms with van der Waals surface area (Å²) >= 11 is 0. The Morgan fingerprint density at radius 2 is 2.00 bits per heavy atom. The number of halogens is 4. The van der Waals surface area contributed by atoms with Crippen LogP contribution in [0.4, 0.5) is 17.6 Å². The van der Waals surface area contributed by atoms with Crippen LogP contribution in [0.25, 0.3) is 0 Å². The Hall–Kier alpha value is -1.63. The van der Waals surface area contributed by atoms with Gasteiger partial charge < -0.3 is 10.1 Å². The van der Waals surface area contributed by atoms with Gasteiger partial charge in [-0.3, -0.25) is 0 Å². The van der Waals surface area contributed by atoms with Crippen molar-refractivity contribution >= 4 is 5.97 Å². The van der Waals surface area contributed by atoms with Crippen molar-refractivity contribution in [3.05, 3.63) is 35.1 Å². The predicted octanol–water partition coefficient (Wildman–Crippen LogP) is 2.67. The first-order valence-electron chi connectivity index (χ1n) is 5.48. The summed E-state index contributed by atoms with van der Waals surface area (Å²) in [5.74, 6) is -1.84. The van der Waals surface area contributed by atoms with Crippen LogP contribution in [0.2, 0.25) is 0 Å². The molecule has 0 fully saturated rings. The van der Waals surface area contributed by atoms with E-state index in [4.69, 9.17) is 0 Å². The second kappa shape index (κ2) is 6.01. The molecule has 1 rings (SSSR count). The first kappa shape index (κ1) is 15.4. The van der Waals surface area contributed by atoms with Crippen molar-refractivity contribution in [2.75, 3.05) is 13.7 Å². The molecule has 19 heavy (non-hydrogen) atoms. The van der Waals surface area contributed by atoms with Crippen molar-refractivity contribution in [2.24, 2.45) is 0 Å². The summed E-state index contributed by atoms with van der Waals surface area (Å²) in [6.45, 7) is 1.98. The van der Waals surface area contributed by atoms with E-state index >= 15 is 0 Å². The molecule has 0 radical (unpaired) electrons. The average molecular weight is 279 g/mol. The zero-order chi connectivity index (χ0) is 14.6. The van der Waals surface area contributed by atoms with Crippen molar-refractivity contribution in [3.8, 4) is 0 Å². The zero-order valence-electron chi connectivity index (χ0n) is 10.3. The number of methoxy groups -OCH3 is 1. The maximum absolute atomic E-state index is 13.2. The van der Waals surface area contributed by atoms with Gasteiger partial charge in [0.15, 0.2) is 0 Å². The Kier molecular flexibility index (Phi) is 4.88. The number of benzene rings is 1. The van der Waals surface area contributed by atoms with Gasteiger partial charge in [0.25, 0.3) is 0 Å². The van der Waals surface area contributed by atoms with E-state index in [9.17, 15) is 22.4 Å². The number of carbonyl (C=O) groups is 1. The van der Waals surface area contributed by atoms with Crippen molar-refractivity contribution in [1.29, 1.82) is 0 Å². The molecule has 0 spiro atoms. The first-order valence-corrected chi connectivity index (χ1v) is 5.48. The summed E-state index contributed by atoms with van der Waals surface area (Å²) in [4.78, 5) is 11.5. The van der Waals surface area contributed by atoms with Crippen LogP contribution in [0.1, 0.15) is 24.1 Å². The lowest BCUT2D eigenvalue weighted by atomic mass is 10.0. The summed E-state index contributed by atoms with van der Waals surface area (Å²) < 4.78 is 55.5. The Morgan fingerprint density at radius 3 is 2.47 bits per heavy atom. The van der Waals surface area contributed by atoms with Crippen molar-refractivity contribution in [3.63, 3.8) is 0 Å². The summed E-state index contributed by atoms with van der Waals surface area (Å²) in [5, 5.41) is 2.65. The van der Waals surface area contributed by atoms with Gasteiger partial charge in [0.1, 0.15) is 11.9 Å². The van der Waals surface area contributed by atoms with Gasteiger partial charge in [-0.25, -0.2) is 9.18 Å². The molecule has 0 heterocycles. The van der Waals surface area contributed by atoms with Gasteiger partial charge in [-0.15, -0.1) is 0 Å². The van der Waals surface area contributed by atoms with Crippen LogP contribution in [-0.2, 0) is 15.7 Å². The predicted molar refractivity (Wildman–Crippen MR) is 59.8 cm³/mol. The number of hydrogen-bond acceptors (Lipinski definition) is 3. The second-order valence-corrected chi connectivity index (χ2v) is 3.78. The van der Waals surface area contributed by atoms with Crippen LogP contribution in [0.5, 0.6) is 0 Å². The van der Waals surface area contributed by atoms with Gasteiger partial charge in [-0.2, -0.15) is 13.2 Å². The van der Waals surface area contributed by atoms with Crippen LogP contribution in [0.3, 0.4) is 0 Å². The van der Waals surface area contributed by atoms with Gasteiger partial charge in [-0.05, 0) is 30.3 Å². The SMILES string of the molecule is CCNC(C(=O)OC)c1cc(F)cc(C(F)(F)F)c1. The van der Waals surface area contributed by atoms with E-state index in [1.807, 2.05) is 0 Å². The lowest BCUT2D eigenvalue weighted by Crippen LogP contribution is -2.29. The highest BCUT2D eigenvalue weighted by atomic mass is 19.4. The lowest BCUT2D eigenvalue weighted by molar-refractivity contribution is -0.143. The Balaban J connectivity index is 3.23. The van der Waals surface area contributed by atoms with Crippen molar-refractivity contribution in [2.45, 2.75) is 19.1 Å². The third-order valence-corrected chi connectivity index (χ3v) is 2.43. The monoisotopic (exact) mass is 279 g/mol. The molecule has 1 unspecified atom stereocenters. The van der Waals surface area contributed by atoms with Gasteiger partial charge in [0, 0.05) is 0 Å². The molecule has 1 N–H and O–H groups in total. The van der Waals surface area contributed by atoms with Crippen LogP contribution < -0.4 is 5.32 Å². The van der Waals surface area contributed by atoms with Gasteiger partial charge >= 0.3 is 12.1 Å². The van der Waals surface area contributed by atoms with Crippen molar-refractivity contribution < 1.29 is 27.1 Å². The topological polar surface area (TPSA) is 38.3 Å². The minimum atomic E-state index is -4.68. The molecule has 106 valence electrons. The van der Waals surface area contributed by atoms with E-state index in [1.165, 1.54) is 0 Å². The highest BCUT2D eigenvalue weighted by molar-refractivity contribution is 5.77. The minimum absolute atomic E-state index is 0.124. The fraction of sp³-hybridized carbons (Fsp3) is 0.417. The van der Waals surface area contributed by atoms with Gasteiger partial charge in [-0.1, -0.05) is 6.92 Å². The zero-order valence-corrected chi connectivity index (χ0v) is 10.3. The largest absolute Gasteiger partial charge is 0.468 e. The smallest absolute Gasteiger partial charge is 0.416 e. The molecule has 1 atom stereocenters. The molecule has 0 aliphatic rings. The molecule has 0 aromatic heterocycles. The third kappa shape index (κ3) is 3.92. The summed E-state index contributed by atoms with van der Waals surface area (Å²) in [6.07, 6.45) is -4.68. The maximum Gasteiger partial charge on any atom is 0.416 e. The molecular weight excluding hydrogens is 266 g/mol. The highest BCUT2D eigenvalue weighted by Gasteiger charge is 2.33. The number of rotatable bonds is 4. The quantitative estimate of drug-likeness (QED) is 0.680. The molecular formula is C12H13F4NO2. The number of hydrogen-bond donors (Lipinski definition) is 1. The molecule has 1 aromatic rings. The maximum atomic E-state index is 13.2. The van der Waals surface area contributed by atoms with E-state index in [0.29, 0.717) is 12.6 Å². The molecule has 0 saturated carbocycles. The Bertz CT molecular complexity index is 460. The van der Waals surface area contributed by atoms with E-state index in [0.717, 1.165) is 19.2 Å². The molecule has 7 heteroatoms. The number of alkyl halides is 3. The fourth-order valence-electron chi connectivity index (χ4n) is 1.60. The molecule has 0 saturated heterocycles. The first-order chi connectivity index (χ1) is 8.79. The van der Waals surface area contributed by atoms with Crippen LogP contribution >= 0.6 is 0 Å². The molecule has 0 aliphatic carbocycles. The van der Waals surface area contributed by atoms with E-state index in [2.05, 4.69) is 10.1 Å². The lowest BCUT2D eigenvalue weighted by Gasteiger charge is -2.17. The fourth-order valence-corrected chi connectivity index (χ4v) is 1.60. The number of esters is 1. The van der Waals surface area contributed by atoms with E-state index in [-0.39, 0.29) is 5.56 Å². The van der Waals surface area contributed by atoms with Crippen LogP contribution in [0, 0.1) is 5.82 Å². The minimum Gasteiger partial charge on any atom is -0.468 e. The normalized spacial score (nSPS) is 13.2. The summed E-state index contributed by atoms with van der Waals surface area (Å²) in [5.41, 5.74) is -1.27. The number of ether oxygens (including phenoxy) is 1. The van der Waals surface area contributed by atoms with Crippen LogP contribution in [-0.4, -0.2) is 19.6 Å². The van der Waals surface area contributed by atoms with Crippen molar-refractivity contribution in [1.82, 2.24) is 5.32 Å². The number of carbonyl (C=O) groups excluding carboxylic acids is 1. The number of likely N-dealkylation sites (N-methyl/N-ethyl adjacent to an activating group) is 1. The molecule has 0 bridgehead atoms. The molecule has 1 aromatic carbocycles. The summed E-state index contributed by atoms with van der Waals surface area (Å²) in [7, 11) is 1.11. The van der Waals surface area contributed by atoms with E-state index < -0.39 is 29.6 Å². The van der Waals surface area contributed by atoms with E-state index in [1.54, 1.807) is 6.92 Å². The molecule has 0 amide bonds. The highest BCUT2D eigenvalue weighted by Crippen LogP contribution is 2.31. The Morgan fingerprint density at radius 1 is 1.37 bits per heavy atom. The van der Waals surface area contributed by atoms with Gasteiger partial charge in [0.05, 0.1) is 12.7 Å². The van der Waals surface area contributed by atoms with Crippen LogP contribution in [0.15, 0.2) is 18.2 Å².